The molecule has 0 spiro atoms. The van der Waals surface area contributed by atoms with Crippen LogP contribution in [0.2, 0.25) is 0 Å². The van der Waals surface area contributed by atoms with Crippen molar-refractivity contribution in [1.29, 1.82) is 0 Å². The van der Waals surface area contributed by atoms with E-state index in [4.69, 9.17) is 5.73 Å². The van der Waals surface area contributed by atoms with E-state index in [2.05, 4.69) is 10.4 Å². The van der Waals surface area contributed by atoms with Gasteiger partial charge < -0.3 is 11.1 Å². The maximum absolute atomic E-state index is 12.6. The highest BCUT2D eigenvalue weighted by Gasteiger charge is 2.26. The van der Waals surface area contributed by atoms with Crippen LogP contribution in [0.5, 0.6) is 0 Å². The molecule has 0 aliphatic heterocycles. The molecular weight excluding hydrogens is 276 g/mol. The van der Waals surface area contributed by atoms with Crippen molar-refractivity contribution in [3.8, 4) is 11.3 Å². The fraction of sp³-hybridized carbons (Fsp3) is 0.412. The predicted molar refractivity (Wildman–Crippen MR) is 86.3 cm³/mol. The Bertz CT molecular complexity index is 650. The molecule has 1 aromatic carbocycles. The minimum atomic E-state index is -0.0466. The average Bonchev–Trinajstić information content (AvgIpc) is 3.14. The van der Waals surface area contributed by atoms with Crippen molar-refractivity contribution in [3.05, 3.63) is 42.1 Å². The molecule has 1 amide bonds. The highest BCUT2D eigenvalue weighted by atomic mass is 16.1. The van der Waals surface area contributed by atoms with E-state index in [1.54, 1.807) is 10.9 Å². The molecule has 5 heteroatoms. The lowest BCUT2D eigenvalue weighted by Gasteiger charge is -2.12. The lowest BCUT2D eigenvalue weighted by molar-refractivity contribution is 0.0937. The molecule has 1 saturated carbocycles. The summed E-state index contributed by atoms with van der Waals surface area (Å²) in [6.45, 7) is 0.703. The zero-order valence-electron chi connectivity index (χ0n) is 12.8. The van der Waals surface area contributed by atoms with Crippen LogP contribution in [0.3, 0.4) is 0 Å². The summed E-state index contributed by atoms with van der Waals surface area (Å²) in [6.07, 6.45) is 4.87. The number of amides is 1. The number of aromatic nitrogens is 2. The monoisotopic (exact) mass is 298 g/mol. The highest BCUT2D eigenvalue weighted by molar-refractivity contribution is 5.99. The van der Waals surface area contributed by atoms with Crippen molar-refractivity contribution >= 4 is 5.91 Å². The van der Waals surface area contributed by atoms with Crippen LogP contribution < -0.4 is 11.1 Å². The van der Waals surface area contributed by atoms with Gasteiger partial charge in [-0.1, -0.05) is 30.3 Å². The van der Waals surface area contributed by atoms with Crippen molar-refractivity contribution in [3.63, 3.8) is 0 Å². The van der Waals surface area contributed by atoms with E-state index in [0.29, 0.717) is 18.0 Å². The van der Waals surface area contributed by atoms with Gasteiger partial charge in [0, 0.05) is 24.8 Å². The second kappa shape index (κ2) is 6.32. The van der Waals surface area contributed by atoms with Gasteiger partial charge in [0.15, 0.2) is 0 Å². The zero-order valence-corrected chi connectivity index (χ0v) is 12.8. The first kappa shape index (κ1) is 14.8. The lowest BCUT2D eigenvalue weighted by atomic mass is 10.1. The van der Waals surface area contributed by atoms with Gasteiger partial charge in [0.2, 0.25) is 0 Å². The maximum Gasteiger partial charge on any atom is 0.255 e. The summed E-state index contributed by atoms with van der Waals surface area (Å²) in [5, 5.41) is 7.58. The number of rotatable bonds is 4. The first-order valence-electron chi connectivity index (χ1n) is 7.77. The predicted octanol–water partition coefficient (Wildman–Crippen LogP) is 1.94. The van der Waals surface area contributed by atoms with Crippen molar-refractivity contribution in [1.82, 2.24) is 15.1 Å². The summed E-state index contributed by atoms with van der Waals surface area (Å²) in [7, 11) is 1.84. The van der Waals surface area contributed by atoms with Crippen molar-refractivity contribution in [2.24, 2.45) is 18.7 Å². The fourth-order valence-corrected chi connectivity index (χ4v) is 3.15. The standard InChI is InChI=1S/C17H22N4O/c1-21-11-15(16(20-21)13-5-3-2-4-6-13)17(22)19-14-8-7-12(9-14)10-18/h2-6,11-12,14H,7-10,18H2,1H3,(H,19,22). The first-order valence-corrected chi connectivity index (χ1v) is 7.77. The third-order valence-electron chi connectivity index (χ3n) is 4.33. The fourth-order valence-electron chi connectivity index (χ4n) is 3.15. The Hall–Kier alpha value is -2.14. The van der Waals surface area contributed by atoms with Crippen LogP contribution in [0.1, 0.15) is 29.6 Å². The quantitative estimate of drug-likeness (QED) is 0.906. The Balaban J connectivity index is 1.79. The van der Waals surface area contributed by atoms with Gasteiger partial charge in [0.1, 0.15) is 5.69 Å². The molecule has 2 atom stereocenters. The molecule has 0 bridgehead atoms. The van der Waals surface area contributed by atoms with E-state index >= 15 is 0 Å². The topological polar surface area (TPSA) is 72.9 Å². The summed E-state index contributed by atoms with van der Waals surface area (Å²) in [4.78, 5) is 12.6. The van der Waals surface area contributed by atoms with E-state index in [1.807, 2.05) is 37.4 Å². The number of nitrogens with zero attached hydrogens (tertiary/aromatic N) is 2. The average molecular weight is 298 g/mol. The molecule has 0 radical (unpaired) electrons. The van der Waals surface area contributed by atoms with E-state index in [1.165, 1.54) is 0 Å². The van der Waals surface area contributed by atoms with Crippen LogP contribution in [-0.2, 0) is 7.05 Å². The molecule has 3 rings (SSSR count). The van der Waals surface area contributed by atoms with Crippen molar-refractivity contribution in [2.45, 2.75) is 25.3 Å². The molecule has 2 aromatic rings. The van der Waals surface area contributed by atoms with Crippen LogP contribution in [0, 0.1) is 5.92 Å². The maximum atomic E-state index is 12.6. The molecule has 1 aliphatic rings. The number of aryl methyl sites for hydroxylation is 1. The van der Waals surface area contributed by atoms with Crippen LogP contribution in [0.25, 0.3) is 11.3 Å². The molecule has 1 heterocycles. The summed E-state index contributed by atoms with van der Waals surface area (Å²) >= 11 is 0. The van der Waals surface area contributed by atoms with Crippen LogP contribution in [0.4, 0.5) is 0 Å². The molecule has 1 fully saturated rings. The number of carbonyl (C=O) groups is 1. The van der Waals surface area contributed by atoms with Crippen LogP contribution in [0.15, 0.2) is 36.5 Å². The molecule has 116 valence electrons. The van der Waals surface area contributed by atoms with Crippen LogP contribution in [-0.4, -0.2) is 28.3 Å². The summed E-state index contributed by atoms with van der Waals surface area (Å²) < 4.78 is 1.69. The summed E-state index contributed by atoms with van der Waals surface area (Å²) in [5.41, 5.74) is 8.03. The molecular formula is C17H22N4O. The van der Waals surface area contributed by atoms with Gasteiger partial charge >= 0.3 is 0 Å². The molecule has 3 N–H and O–H groups in total. The Labute approximate surface area is 130 Å². The van der Waals surface area contributed by atoms with E-state index in [9.17, 15) is 4.79 Å². The largest absolute Gasteiger partial charge is 0.349 e. The highest BCUT2D eigenvalue weighted by Crippen LogP contribution is 2.26. The lowest BCUT2D eigenvalue weighted by Crippen LogP contribution is -2.33. The molecule has 5 nitrogen and oxygen atoms in total. The third kappa shape index (κ3) is 3.04. The molecule has 22 heavy (non-hydrogen) atoms. The number of nitrogens with two attached hydrogens (primary N) is 1. The van der Waals surface area contributed by atoms with Crippen LogP contribution >= 0.6 is 0 Å². The Morgan fingerprint density at radius 3 is 2.82 bits per heavy atom. The molecule has 1 aliphatic carbocycles. The number of hydrogen-bond donors (Lipinski definition) is 2. The van der Waals surface area contributed by atoms with Gasteiger partial charge in [-0.05, 0) is 31.7 Å². The Kier molecular flexibility index (Phi) is 4.24. The summed E-state index contributed by atoms with van der Waals surface area (Å²) in [5.74, 6) is 0.488. The van der Waals surface area contributed by atoms with Crippen molar-refractivity contribution in [2.75, 3.05) is 6.54 Å². The van der Waals surface area contributed by atoms with Gasteiger partial charge in [-0.2, -0.15) is 5.10 Å². The zero-order chi connectivity index (χ0) is 15.5. The Morgan fingerprint density at radius 2 is 2.14 bits per heavy atom. The molecule has 1 aromatic heterocycles. The van der Waals surface area contributed by atoms with Gasteiger partial charge in [-0.3, -0.25) is 9.48 Å². The van der Waals surface area contributed by atoms with E-state index in [0.717, 1.165) is 30.5 Å². The van der Waals surface area contributed by atoms with E-state index in [-0.39, 0.29) is 11.9 Å². The van der Waals surface area contributed by atoms with E-state index < -0.39 is 0 Å². The van der Waals surface area contributed by atoms with Gasteiger partial charge in [0.25, 0.3) is 5.91 Å². The third-order valence-corrected chi connectivity index (χ3v) is 4.33. The number of benzene rings is 1. The second-order valence-electron chi connectivity index (χ2n) is 6.02. The minimum Gasteiger partial charge on any atom is -0.349 e. The number of carbonyl (C=O) groups excluding carboxylic acids is 1. The first-order chi connectivity index (χ1) is 10.7. The molecule has 2 unspecified atom stereocenters. The number of nitrogens with one attached hydrogen (secondary N) is 1. The van der Waals surface area contributed by atoms with Gasteiger partial charge in [-0.15, -0.1) is 0 Å². The Morgan fingerprint density at radius 1 is 1.36 bits per heavy atom. The minimum absolute atomic E-state index is 0.0466. The normalized spacial score (nSPS) is 21.0. The number of hydrogen-bond acceptors (Lipinski definition) is 3. The second-order valence-corrected chi connectivity index (χ2v) is 6.02. The molecule has 0 saturated heterocycles. The van der Waals surface area contributed by atoms with Crippen molar-refractivity contribution < 1.29 is 4.79 Å². The summed E-state index contributed by atoms with van der Waals surface area (Å²) in [6, 6.07) is 10.0. The van der Waals surface area contributed by atoms with Gasteiger partial charge in [-0.25, -0.2) is 0 Å². The SMILES string of the molecule is Cn1cc(C(=O)NC2CCC(CN)C2)c(-c2ccccc2)n1. The smallest absolute Gasteiger partial charge is 0.255 e. The van der Waals surface area contributed by atoms with Gasteiger partial charge in [0.05, 0.1) is 5.56 Å².